The third-order valence-corrected chi connectivity index (χ3v) is 4.78. The molecule has 0 N–H and O–H groups in total. The van der Waals surface area contributed by atoms with Gasteiger partial charge in [0.2, 0.25) is 0 Å². The van der Waals surface area contributed by atoms with E-state index in [2.05, 4.69) is 64.4 Å². The first-order valence-corrected chi connectivity index (χ1v) is 10.1. The molecule has 1 heterocycles. The molecule has 156 valence electrons. The maximum absolute atomic E-state index is 9.08. The average Bonchev–Trinajstić information content (AvgIpc) is 2.77. The fraction of sp³-hybridized carbons (Fsp3) is 0.148. The zero-order valence-corrected chi connectivity index (χ0v) is 18.4. The standard InChI is InChI=1S/C27H27N3O/c1-29(2)24-11-5-21(6-12-24)9-15-26-19-23(17-18-28)20-27(31-26)16-10-22-7-13-25(14-8-22)30(3)4/h5-17,19-20H,1-4H3. The molecule has 0 fully saturated rings. The number of hydrogen-bond donors (Lipinski definition) is 0. The molecule has 0 unspecified atom stereocenters. The van der Waals surface area contributed by atoms with Gasteiger partial charge < -0.3 is 14.5 Å². The van der Waals surface area contributed by atoms with Crippen molar-refractivity contribution in [1.29, 1.82) is 5.26 Å². The number of nitriles is 1. The molecular weight excluding hydrogens is 382 g/mol. The van der Waals surface area contributed by atoms with Crippen LogP contribution in [0.3, 0.4) is 0 Å². The summed E-state index contributed by atoms with van der Waals surface area (Å²) in [6.07, 6.45) is 13.1. The minimum Gasteiger partial charge on any atom is -0.457 e. The molecule has 2 aromatic rings. The molecule has 0 amide bonds. The van der Waals surface area contributed by atoms with Crippen LogP contribution in [-0.2, 0) is 4.74 Å². The number of benzene rings is 2. The normalized spacial score (nSPS) is 13.5. The first-order valence-electron chi connectivity index (χ1n) is 10.1. The molecule has 0 atom stereocenters. The van der Waals surface area contributed by atoms with Crippen molar-refractivity contribution in [1.82, 2.24) is 0 Å². The lowest BCUT2D eigenvalue weighted by atomic mass is 10.1. The summed E-state index contributed by atoms with van der Waals surface area (Å²) in [6.45, 7) is 0. The fourth-order valence-electron chi connectivity index (χ4n) is 3.01. The van der Waals surface area contributed by atoms with Gasteiger partial charge in [-0.3, -0.25) is 0 Å². The number of rotatable bonds is 6. The minimum atomic E-state index is 0.684. The van der Waals surface area contributed by atoms with Crippen molar-refractivity contribution in [2.45, 2.75) is 0 Å². The summed E-state index contributed by atoms with van der Waals surface area (Å²) in [7, 11) is 8.08. The predicted octanol–water partition coefficient (Wildman–Crippen LogP) is 5.79. The summed E-state index contributed by atoms with van der Waals surface area (Å²) in [6, 6.07) is 18.7. The highest BCUT2D eigenvalue weighted by Gasteiger charge is 2.07. The molecule has 0 saturated heterocycles. The summed E-state index contributed by atoms with van der Waals surface area (Å²) in [5.74, 6) is 1.37. The molecule has 0 saturated carbocycles. The van der Waals surface area contributed by atoms with Crippen molar-refractivity contribution < 1.29 is 4.74 Å². The van der Waals surface area contributed by atoms with Gasteiger partial charge in [-0.05, 0) is 65.3 Å². The van der Waals surface area contributed by atoms with E-state index in [4.69, 9.17) is 10.00 Å². The summed E-state index contributed by atoms with van der Waals surface area (Å²) < 4.78 is 6.01. The Morgan fingerprint density at radius 3 is 1.45 bits per heavy atom. The number of nitrogens with zero attached hydrogens (tertiary/aromatic N) is 3. The van der Waals surface area contributed by atoms with Crippen molar-refractivity contribution in [2.75, 3.05) is 38.0 Å². The van der Waals surface area contributed by atoms with Crippen LogP contribution in [0.1, 0.15) is 11.1 Å². The Morgan fingerprint density at radius 2 is 1.10 bits per heavy atom. The van der Waals surface area contributed by atoms with E-state index in [-0.39, 0.29) is 0 Å². The van der Waals surface area contributed by atoms with Crippen LogP contribution in [0.5, 0.6) is 0 Å². The molecule has 1 aliphatic heterocycles. The number of hydrogen-bond acceptors (Lipinski definition) is 4. The van der Waals surface area contributed by atoms with Crippen molar-refractivity contribution in [3.63, 3.8) is 0 Å². The first kappa shape index (κ1) is 21.7. The van der Waals surface area contributed by atoms with Crippen molar-refractivity contribution in [3.05, 3.63) is 107 Å². The minimum absolute atomic E-state index is 0.684. The summed E-state index contributed by atoms with van der Waals surface area (Å²) in [4.78, 5) is 4.13. The smallest absolute Gasteiger partial charge is 0.128 e. The van der Waals surface area contributed by atoms with Crippen LogP contribution in [0, 0.1) is 11.3 Å². The third kappa shape index (κ3) is 6.25. The number of allylic oxidation sites excluding steroid dienone is 6. The van der Waals surface area contributed by atoms with E-state index >= 15 is 0 Å². The molecule has 31 heavy (non-hydrogen) atoms. The summed E-state index contributed by atoms with van der Waals surface area (Å²) in [5, 5.41) is 9.08. The van der Waals surface area contributed by atoms with Gasteiger partial charge in [-0.2, -0.15) is 5.26 Å². The van der Waals surface area contributed by atoms with Gasteiger partial charge in [-0.25, -0.2) is 0 Å². The van der Waals surface area contributed by atoms with Crippen LogP contribution in [-0.4, -0.2) is 28.2 Å². The molecule has 4 heteroatoms. The van der Waals surface area contributed by atoms with E-state index in [1.54, 1.807) is 0 Å². The zero-order valence-electron chi connectivity index (χ0n) is 18.4. The Morgan fingerprint density at radius 1 is 0.677 bits per heavy atom. The second-order valence-electron chi connectivity index (χ2n) is 7.61. The highest BCUT2D eigenvalue weighted by molar-refractivity contribution is 5.60. The van der Waals surface area contributed by atoms with Gasteiger partial charge in [0.25, 0.3) is 0 Å². The van der Waals surface area contributed by atoms with Gasteiger partial charge in [0.15, 0.2) is 0 Å². The van der Waals surface area contributed by atoms with Crippen molar-refractivity contribution in [2.24, 2.45) is 0 Å². The van der Waals surface area contributed by atoms with Crippen LogP contribution in [0.15, 0.2) is 96.0 Å². The van der Waals surface area contributed by atoms with Gasteiger partial charge in [0, 0.05) is 45.6 Å². The molecule has 2 aromatic carbocycles. The van der Waals surface area contributed by atoms with Crippen LogP contribution in [0.25, 0.3) is 12.2 Å². The summed E-state index contributed by atoms with van der Waals surface area (Å²) in [5.41, 5.74) is 5.26. The fourth-order valence-corrected chi connectivity index (χ4v) is 3.01. The molecule has 4 nitrogen and oxygen atoms in total. The lowest BCUT2D eigenvalue weighted by Gasteiger charge is -2.14. The van der Waals surface area contributed by atoms with Crippen LogP contribution < -0.4 is 9.80 Å². The van der Waals surface area contributed by atoms with E-state index in [9.17, 15) is 0 Å². The predicted molar refractivity (Wildman–Crippen MR) is 131 cm³/mol. The van der Waals surface area contributed by atoms with E-state index in [0.29, 0.717) is 11.5 Å². The maximum Gasteiger partial charge on any atom is 0.128 e. The second-order valence-corrected chi connectivity index (χ2v) is 7.61. The molecule has 0 bridgehead atoms. The van der Waals surface area contributed by atoms with Crippen LogP contribution in [0.4, 0.5) is 11.4 Å². The second kappa shape index (κ2) is 10.2. The molecule has 0 aliphatic carbocycles. The Hall–Kier alpha value is -3.97. The molecule has 0 spiro atoms. The highest BCUT2D eigenvalue weighted by atomic mass is 16.5. The molecule has 1 aliphatic rings. The Kier molecular flexibility index (Phi) is 7.13. The Bertz CT molecular complexity index is 1010. The Labute approximate surface area is 185 Å². The summed E-state index contributed by atoms with van der Waals surface area (Å²) >= 11 is 0. The Balaban J connectivity index is 1.74. The zero-order chi connectivity index (χ0) is 22.2. The van der Waals surface area contributed by atoms with Gasteiger partial charge in [-0.1, -0.05) is 36.4 Å². The van der Waals surface area contributed by atoms with E-state index in [0.717, 1.165) is 28.1 Å². The quantitative estimate of drug-likeness (QED) is 0.566. The maximum atomic E-state index is 9.08. The lowest BCUT2D eigenvalue weighted by Crippen LogP contribution is -2.07. The number of anilines is 2. The SMILES string of the molecule is CN(C)c1ccc(C=CC2=CC(=CC#N)C=C(C=Cc3ccc(N(C)C)cc3)O2)cc1. The van der Waals surface area contributed by atoms with E-state index in [1.807, 2.05) is 64.6 Å². The van der Waals surface area contributed by atoms with Crippen LogP contribution >= 0.6 is 0 Å². The van der Waals surface area contributed by atoms with Crippen molar-refractivity contribution >= 4 is 23.5 Å². The monoisotopic (exact) mass is 409 g/mol. The third-order valence-electron chi connectivity index (χ3n) is 4.78. The van der Waals surface area contributed by atoms with Gasteiger partial charge in [0.1, 0.15) is 11.5 Å². The molecule has 0 aromatic heterocycles. The molecule has 0 radical (unpaired) electrons. The lowest BCUT2D eigenvalue weighted by molar-refractivity contribution is 0.332. The van der Waals surface area contributed by atoms with Gasteiger partial charge >= 0.3 is 0 Å². The molecule has 3 rings (SSSR count). The van der Waals surface area contributed by atoms with Crippen LogP contribution in [0.2, 0.25) is 0 Å². The average molecular weight is 410 g/mol. The largest absolute Gasteiger partial charge is 0.457 e. The first-order chi connectivity index (χ1) is 14.9. The number of ether oxygens (including phenoxy) is 1. The van der Waals surface area contributed by atoms with Gasteiger partial charge in [-0.15, -0.1) is 0 Å². The highest BCUT2D eigenvalue weighted by Crippen LogP contribution is 2.23. The van der Waals surface area contributed by atoms with E-state index < -0.39 is 0 Å². The van der Waals surface area contributed by atoms with E-state index in [1.165, 1.54) is 6.08 Å². The molecular formula is C27H27N3O. The van der Waals surface area contributed by atoms with Gasteiger partial charge in [0.05, 0.1) is 6.07 Å². The topological polar surface area (TPSA) is 39.5 Å². The van der Waals surface area contributed by atoms with Crippen molar-refractivity contribution in [3.8, 4) is 6.07 Å².